The molecule has 0 spiro atoms. The van der Waals surface area contributed by atoms with Crippen LogP contribution in [0, 0.1) is 0 Å². The molecule has 0 fully saturated rings. The van der Waals surface area contributed by atoms with Crippen LogP contribution in [0.15, 0.2) is 78.9 Å². The number of carbonyl (C=O) groups excluding carboxylic acids is 1. The predicted molar refractivity (Wildman–Crippen MR) is 112 cm³/mol. The van der Waals surface area contributed by atoms with Crippen molar-refractivity contribution in [1.29, 1.82) is 0 Å². The second-order valence-corrected chi connectivity index (χ2v) is 6.26. The van der Waals surface area contributed by atoms with Gasteiger partial charge in [-0.25, -0.2) is 10.2 Å². The third-order valence-corrected chi connectivity index (χ3v) is 4.29. The van der Waals surface area contributed by atoms with Crippen LogP contribution in [0.3, 0.4) is 0 Å². The molecule has 0 amide bonds. The summed E-state index contributed by atoms with van der Waals surface area (Å²) in [7, 11) is 2.90. The zero-order valence-corrected chi connectivity index (χ0v) is 16.4. The maximum atomic E-state index is 12.3. The van der Waals surface area contributed by atoms with Crippen LogP contribution in [0.2, 0.25) is 0 Å². The molecule has 0 heterocycles. The lowest BCUT2D eigenvalue weighted by atomic mass is 10.1. The van der Waals surface area contributed by atoms with E-state index in [4.69, 9.17) is 14.2 Å². The molecule has 29 heavy (non-hydrogen) atoms. The Bertz CT molecular complexity index is 917. The summed E-state index contributed by atoms with van der Waals surface area (Å²) in [5.74, 6) is 0.521. The lowest BCUT2D eigenvalue weighted by molar-refractivity contribution is -0.149. The second kappa shape index (κ2) is 10.1. The van der Waals surface area contributed by atoms with Crippen molar-refractivity contribution < 1.29 is 19.0 Å². The molecule has 0 saturated heterocycles. The SMILES string of the molecule is COC(=O)C(Oc1cc(CNNc2ccccc2)ccc1OC)c1ccccc1. The van der Waals surface area contributed by atoms with Crippen molar-refractivity contribution in [1.82, 2.24) is 5.43 Å². The van der Waals surface area contributed by atoms with Gasteiger partial charge in [0.05, 0.1) is 14.2 Å². The van der Waals surface area contributed by atoms with E-state index in [-0.39, 0.29) is 0 Å². The number of nitrogens with one attached hydrogen (secondary N) is 2. The molecule has 3 aromatic rings. The fourth-order valence-electron chi connectivity index (χ4n) is 2.81. The Balaban J connectivity index is 1.76. The highest BCUT2D eigenvalue weighted by molar-refractivity contribution is 5.77. The summed E-state index contributed by atoms with van der Waals surface area (Å²) in [5, 5.41) is 0. The van der Waals surface area contributed by atoms with Crippen LogP contribution in [0.4, 0.5) is 5.69 Å². The van der Waals surface area contributed by atoms with E-state index >= 15 is 0 Å². The minimum Gasteiger partial charge on any atom is -0.493 e. The normalized spacial score (nSPS) is 11.4. The standard InChI is InChI=1S/C23H24N2O4/c1-27-20-14-13-17(16-24-25-19-11-7-4-8-12-19)15-21(20)29-22(23(26)28-2)18-9-5-3-6-10-18/h3-15,22,24-25H,16H2,1-2H3. The van der Waals surface area contributed by atoms with Crippen LogP contribution in [0.1, 0.15) is 17.2 Å². The summed E-state index contributed by atoms with van der Waals surface area (Å²) in [6.07, 6.45) is -0.888. The first-order chi connectivity index (χ1) is 14.2. The average molecular weight is 392 g/mol. The first-order valence-corrected chi connectivity index (χ1v) is 9.21. The number of rotatable bonds is 9. The van der Waals surface area contributed by atoms with Crippen LogP contribution in [0.5, 0.6) is 11.5 Å². The lowest BCUT2D eigenvalue weighted by Crippen LogP contribution is -2.22. The van der Waals surface area contributed by atoms with Crippen LogP contribution >= 0.6 is 0 Å². The molecule has 3 aromatic carbocycles. The maximum absolute atomic E-state index is 12.3. The molecule has 150 valence electrons. The topological polar surface area (TPSA) is 68.8 Å². The summed E-state index contributed by atoms with van der Waals surface area (Å²) in [6.45, 7) is 0.545. The number of hydrogen-bond donors (Lipinski definition) is 2. The van der Waals surface area contributed by atoms with E-state index in [2.05, 4.69) is 10.9 Å². The van der Waals surface area contributed by atoms with Crippen molar-refractivity contribution in [2.45, 2.75) is 12.6 Å². The fraction of sp³-hybridized carbons (Fsp3) is 0.174. The van der Waals surface area contributed by atoms with E-state index in [0.29, 0.717) is 23.6 Å². The van der Waals surface area contributed by atoms with Gasteiger partial charge in [-0.3, -0.25) is 0 Å². The van der Waals surface area contributed by atoms with Gasteiger partial charge < -0.3 is 19.6 Å². The maximum Gasteiger partial charge on any atom is 0.351 e. The summed E-state index contributed by atoms with van der Waals surface area (Å²) in [5.41, 5.74) is 8.93. The smallest absolute Gasteiger partial charge is 0.351 e. The largest absolute Gasteiger partial charge is 0.493 e. The molecule has 0 bridgehead atoms. The molecule has 0 aliphatic heterocycles. The van der Waals surface area contributed by atoms with Crippen molar-refractivity contribution in [2.75, 3.05) is 19.6 Å². The van der Waals surface area contributed by atoms with Gasteiger partial charge in [-0.15, -0.1) is 0 Å². The number of para-hydroxylation sites is 1. The monoisotopic (exact) mass is 392 g/mol. The van der Waals surface area contributed by atoms with Gasteiger partial charge in [0.25, 0.3) is 0 Å². The van der Waals surface area contributed by atoms with Crippen LogP contribution in [-0.4, -0.2) is 20.2 Å². The number of hydrogen-bond acceptors (Lipinski definition) is 6. The Hall–Kier alpha value is -3.51. The fourth-order valence-corrected chi connectivity index (χ4v) is 2.81. The van der Waals surface area contributed by atoms with Crippen LogP contribution in [0.25, 0.3) is 0 Å². The Morgan fingerprint density at radius 3 is 2.24 bits per heavy atom. The zero-order valence-electron chi connectivity index (χ0n) is 16.4. The number of anilines is 1. The van der Waals surface area contributed by atoms with Crippen molar-refractivity contribution in [3.63, 3.8) is 0 Å². The molecule has 0 radical (unpaired) electrons. The van der Waals surface area contributed by atoms with Gasteiger partial charge >= 0.3 is 5.97 Å². The number of ether oxygens (including phenoxy) is 3. The Morgan fingerprint density at radius 1 is 0.897 bits per heavy atom. The van der Waals surface area contributed by atoms with Gasteiger partial charge in [-0.05, 0) is 29.8 Å². The van der Waals surface area contributed by atoms with Gasteiger partial charge in [0.1, 0.15) is 0 Å². The molecule has 6 heteroatoms. The highest BCUT2D eigenvalue weighted by atomic mass is 16.6. The molecule has 0 aliphatic carbocycles. The molecule has 1 unspecified atom stereocenters. The van der Waals surface area contributed by atoms with Crippen LogP contribution < -0.4 is 20.3 Å². The number of esters is 1. The van der Waals surface area contributed by atoms with E-state index in [9.17, 15) is 4.79 Å². The molecule has 1 atom stereocenters. The Morgan fingerprint density at radius 2 is 1.59 bits per heavy atom. The second-order valence-electron chi connectivity index (χ2n) is 6.26. The molecular formula is C23H24N2O4. The number of methoxy groups -OCH3 is 2. The molecule has 0 saturated carbocycles. The number of benzene rings is 3. The minimum absolute atomic E-state index is 0.464. The number of hydrazine groups is 1. The van der Waals surface area contributed by atoms with E-state index in [0.717, 1.165) is 11.3 Å². The first kappa shape index (κ1) is 20.2. The van der Waals surface area contributed by atoms with E-state index in [1.807, 2.05) is 78.9 Å². The predicted octanol–water partition coefficient (Wildman–Crippen LogP) is 4.11. The first-order valence-electron chi connectivity index (χ1n) is 9.21. The van der Waals surface area contributed by atoms with Gasteiger partial charge in [-0.2, -0.15) is 0 Å². The van der Waals surface area contributed by atoms with Crippen LogP contribution in [-0.2, 0) is 16.1 Å². The highest BCUT2D eigenvalue weighted by Gasteiger charge is 2.25. The molecule has 0 aliphatic rings. The molecule has 0 aromatic heterocycles. The third kappa shape index (κ3) is 5.49. The summed E-state index contributed by atoms with van der Waals surface area (Å²) >= 11 is 0. The van der Waals surface area contributed by atoms with E-state index in [1.54, 1.807) is 7.11 Å². The summed E-state index contributed by atoms with van der Waals surface area (Å²) in [4.78, 5) is 12.3. The number of carbonyl (C=O) groups is 1. The van der Waals surface area contributed by atoms with Gasteiger partial charge in [0, 0.05) is 17.8 Å². The van der Waals surface area contributed by atoms with Crippen molar-refractivity contribution in [2.24, 2.45) is 0 Å². The molecule has 6 nitrogen and oxygen atoms in total. The van der Waals surface area contributed by atoms with Crippen molar-refractivity contribution in [3.8, 4) is 11.5 Å². The Labute approximate surface area is 170 Å². The average Bonchev–Trinajstić information content (AvgIpc) is 2.78. The Kier molecular flexibility index (Phi) is 7.08. The van der Waals surface area contributed by atoms with E-state index < -0.39 is 12.1 Å². The zero-order chi connectivity index (χ0) is 20.5. The van der Waals surface area contributed by atoms with Crippen molar-refractivity contribution >= 4 is 11.7 Å². The van der Waals surface area contributed by atoms with Crippen molar-refractivity contribution in [3.05, 3.63) is 90.0 Å². The summed E-state index contributed by atoms with van der Waals surface area (Å²) < 4.78 is 16.4. The third-order valence-electron chi connectivity index (χ3n) is 4.29. The van der Waals surface area contributed by atoms with Gasteiger partial charge in [-0.1, -0.05) is 54.6 Å². The van der Waals surface area contributed by atoms with Gasteiger partial charge in [0.2, 0.25) is 6.10 Å². The quantitative estimate of drug-likeness (QED) is 0.422. The molecule has 3 rings (SSSR count). The lowest BCUT2D eigenvalue weighted by Gasteiger charge is -2.20. The van der Waals surface area contributed by atoms with E-state index in [1.165, 1.54) is 7.11 Å². The summed E-state index contributed by atoms with van der Waals surface area (Å²) in [6, 6.07) is 24.6. The molecular weight excluding hydrogens is 368 g/mol. The minimum atomic E-state index is -0.888. The molecule has 2 N–H and O–H groups in total. The van der Waals surface area contributed by atoms with Gasteiger partial charge in [0.15, 0.2) is 11.5 Å². The highest BCUT2D eigenvalue weighted by Crippen LogP contribution is 2.32.